The van der Waals surface area contributed by atoms with E-state index in [0.29, 0.717) is 17.9 Å². The van der Waals surface area contributed by atoms with Crippen molar-refractivity contribution in [3.05, 3.63) is 47.0 Å². The lowest BCUT2D eigenvalue weighted by Crippen LogP contribution is -2.50. The number of nitrogens with zero attached hydrogens (tertiary/aromatic N) is 2. The van der Waals surface area contributed by atoms with Crippen molar-refractivity contribution in [1.82, 2.24) is 15.1 Å². The summed E-state index contributed by atoms with van der Waals surface area (Å²) >= 11 is 6.00. The van der Waals surface area contributed by atoms with Crippen LogP contribution in [0.1, 0.15) is 57.4 Å². The third-order valence-corrected chi connectivity index (χ3v) is 7.54. The monoisotopic (exact) mass is 485 g/mol. The van der Waals surface area contributed by atoms with Crippen molar-refractivity contribution in [2.45, 2.75) is 70.5 Å². The van der Waals surface area contributed by atoms with Crippen LogP contribution >= 0.6 is 11.6 Å². The second-order valence-corrected chi connectivity index (χ2v) is 9.98. The molecular formula is C26H32ClN3O4. The first-order valence-corrected chi connectivity index (χ1v) is 12.6. The molecule has 2 fully saturated rings. The third-order valence-electron chi connectivity index (χ3n) is 7.28. The molecule has 0 unspecified atom stereocenters. The van der Waals surface area contributed by atoms with E-state index in [9.17, 15) is 19.2 Å². The number of nitrogens with one attached hydrogen (secondary N) is 1. The summed E-state index contributed by atoms with van der Waals surface area (Å²) < 4.78 is 0. The predicted octanol–water partition coefficient (Wildman–Crippen LogP) is 3.46. The Morgan fingerprint density at radius 2 is 1.65 bits per heavy atom. The number of allylic oxidation sites excluding steroid dienone is 2. The summed E-state index contributed by atoms with van der Waals surface area (Å²) in [6, 6.07) is 6.63. The number of imide groups is 1. The van der Waals surface area contributed by atoms with Crippen LogP contribution in [0, 0.1) is 11.8 Å². The quantitative estimate of drug-likeness (QED) is 0.451. The van der Waals surface area contributed by atoms with Gasteiger partial charge in [0.25, 0.3) is 0 Å². The van der Waals surface area contributed by atoms with E-state index in [4.69, 9.17) is 11.6 Å². The lowest BCUT2D eigenvalue weighted by atomic mass is 9.85. The first-order valence-electron chi connectivity index (χ1n) is 12.2. The van der Waals surface area contributed by atoms with E-state index in [-0.39, 0.29) is 61.0 Å². The van der Waals surface area contributed by atoms with Crippen molar-refractivity contribution in [3.8, 4) is 0 Å². The molecule has 4 rings (SSSR count). The van der Waals surface area contributed by atoms with Gasteiger partial charge in [-0.05, 0) is 50.3 Å². The van der Waals surface area contributed by atoms with Crippen LogP contribution in [-0.2, 0) is 25.7 Å². The fourth-order valence-corrected chi connectivity index (χ4v) is 5.33. The van der Waals surface area contributed by atoms with Gasteiger partial charge in [-0.25, -0.2) is 0 Å². The van der Waals surface area contributed by atoms with Crippen molar-refractivity contribution in [2.75, 3.05) is 6.54 Å². The van der Waals surface area contributed by atoms with Crippen molar-refractivity contribution >= 4 is 35.2 Å². The minimum atomic E-state index is -0.680. The molecule has 3 atom stereocenters. The number of hydrogen-bond acceptors (Lipinski definition) is 4. The summed E-state index contributed by atoms with van der Waals surface area (Å²) in [4.78, 5) is 54.6. The molecule has 1 heterocycles. The fourth-order valence-electron chi connectivity index (χ4n) is 5.20. The van der Waals surface area contributed by atoms with Gasteiger partial charge in [-0.2, -0.15) is 0 Å². The van der Waals surface area contributed by atoms with Crippen molar-refractivity contribution < 1.29 is 19.2 Å². The molecule has 1 aromatic carbocycles. The summed E-state index contributed by atoms with van der Waals surface area (Å²) in [5.41, 5.74) is 0.851. The highest BCUT2D eigenvalue weighted by Gasteiger charge is 2.47. The number of carbonyl (C=O) groups is 4. The minimum absolute atomic E-state index is 0.0149. The number of fused-ring (bicyclic) bond motifs is 1. The second-order valence-electron chi connectivity index (χ2n) is 9.55. The lowest BCUT2D eigenvalue weighted by molar-refractivity contribution is -0.144. The molecule has 2 aliphatic carbocycles. The van der Waals surface area contributed by atoms with Crippen LogP contribution in [0.5, 0.6) is 0 Å². The molecule has 4 amide bonds. The van der Waals surface area contributed by atoms with Gasteiger partial charge in [-0.3, -0.25) is 24.1 Å². The Balaban J connectivity index is 1.44. The molecule has 8 heteroatoms. The van der Waals surface area contributed by atoms with Gasteiger partial charge in [0.2, 0.25) is 23.6 Å². The Morgan fingerprint density at radius 3 is 2.24 bits per heavy atom. The number of halogens is 1. The Bertz CT molecular complexity index is 945. The number of carbonyl (C=O) groups excluding carboxylic acids is 4. The Morgan fingerprint density at radius 1 is 1.06 bits per heavy atom. The van der Waals surface area contributed by atoms with Crippen LogP contribution in [0.15, 0.2) is 36.4 Å². The standard InChI is InChI=1S/C26H32ClN3O4/c1-17(24(32)28-20-6-2-3-7-20)30(16-18-10-12-19(27)13-11-18)23(31)14-15-29-25(33)21-8-4-5-9-22(21)26(29)34/h4-5,10-13,17,20-22H,2-3,6-9,14-16H2,1H3,(H,28,32)/t17-,21-,22+/m1/s1. The number of likely N-dealkylation sites (tertiary alicyclic amines) is 1. The Kier molecular flexibility index (Phi) is 7.71. The highest BCUT2D eigenvalue weighted by atomic mass is 35.5. The average molecular weight is 486 g/mol. The summed E-state index contributed by atoms with van der Waals surface area (Å²) in [5.74, 6) is -1.45. The molecule has 0 aromatic heterocycles. The molecule has 7 nitrogen and oxygen atoms in total. The average Bonchev–Trinajstić information content (AvgIpc) is 3.43. The van der Waals surface area contributed by atoms with Gasteiger partial charge >= 0.3 is 0 Å². The van der Waals surface area contributed by atoms with E-state index in [0.717, 1.165) is 31.2 Å². The van der Waals surface area contributed by atoms with E-state index in [1.165, 1.54) is 9.80 Å². The maximum atomic E-state index is 13.3. The van der Waals surface area contributed by atoms with Gasteiger partial charge in [-0.1, -0.05) is 48.7 Å². The maximum Gasteiger partial charge on any atom is 0.242 e. The summed E-state index contributed by atoms with van der Waals surface area (Å²) in [7, 11) is 0. The topological polar surface area (TPSA) is 86.8 Å². The first-order chi connectivity index (χ1) is 16.3. The highest BCUT2D eigenvalue weighted by Crippen LogP contribution is 2.35. The van der Waals surface area contributed by atoms with Crippen molar-refractivity contribution in [2.24, 2.45) is 11.8 Å². The van der Waals surface area contributed by atoms with Crippen LogP contribution in [0.2, 0.25) is 5.02 Å². The zero-order chi connectivity index (χ0) is 24.2. The minimum Gasteiger partial charge on any atom is -0.352 e. The molecule has 34 heavy (non-hydrogen) atoms. The molecule has 1 saturated carbocycles. The number of rotatable bonds is 8. The molecular weight excluding hydrogens is 454 g/mol. The van der Waals surface area contributed by atoms with Crippen LogP contribution in [-0.4, -0.2) is 52.1 Å². The molecule has 1 aromatic rings. The zero-order valence-electron chi connectivity index (χ0n) is 19.5. The summed E-state index contributed by atoms with van der Waals surface area (Å²) in [6.07, 6.45) is 9.13. The van der Waals surface area contributed by atoms with E-state index in [1.807, 2.05) is 24.3 Å². The maximum absolute atomic E-state index is 13.3. The van der Waals surface area contributed by atoms with Crippen LogP contribution < -0.4 is 5.32 Å². The predicted molar refractivity (Wildman–Crippen MR) is 129 cm³/mol. The molecule has 1 N–H and O–H groups in total. The van der Waals surface area contributed by atoms with Gasteiger partial charge in [0.05, 0.1) is 11.8 Å². The highest BCUT2D eigenvalue weighted by molar-refractivity contribution is 6.30. The zero-order valence-corrected chi connectivity index (χ0v) is 20.3. The van der Waals surface area contributed by atoms with Crippen LogP contribution in [0.25, 0.3) is 0 Å². The van der Waals surface area contributed by atoms with Gasteiger partial charge < -0.3 is 10.2 Å². The second kappa shape index (κ2) is 10.7. The van der Waals surface area contributed by atoms with E-state index in [1.54, 1.807) is 19.1 Å². The van der Waals surface area contributed by atoms with Gasteiger partial charge in [0.1, 0.15) is 6.04 Å². The van der Waals surface area contributed by atoms with Crippen molar-refractivity contribution in [1.29, 1.82) is 0 Å². The van der Waals surface area contributed by atoms with Crippen molar-refractivity contribution in [3.63, 3.8) is 0 Å². The third kappa shape index (κ3) is 5.35. The Labute approximate surface area is 205 Å². The molecule has 1 saturated heterocycles. The Hall–Kier alpha value is -2.67. The van der Waals surface area contributed by atoms with Crippen LogP contribution in [0.4, 0.5) is 0 Å². The first kappa shape index (κ1) is 24.5. The largest absolute Gasteiger partial charge is 0.352 e. The van der Waals surface area contributed by atoms with E-state index < -0.39 is 6.04 Å². The fraction of sp³-hybridized carbons (Fsp3) is 0.538. The molecule has 182 valence electrons. The molecule has 3 aliphatic rings. The number of hydrogen-bond donors (Lipinski definition) is 1. The normalized spacial score (nSPS) is 23.2. The smallest absolute Gasteiger partial charge is 0.242 e. The van der Waals surface area contributed by atoms with E-state index in [2.05, 4.69) is 5.32 Å². The summed E-state index contributed by atoms with van der Waals surface area (Å²) in [6.45, 7) is 2.01. The SMILES string of the molecule is C[C@H](C(=O)NC1CCCC1)N(Cc1ccc(Cl)cc1)C(=O)CCN1C(=O)[C@H]2CC=CC[C@H]2C1=O. The molecule has 1 aliphatic heterocycles. The molecule has 0 spiro atoms. The molecule has 0 radical (unpaired) electrons. The van der Waals surface area contributed by atoms with E-state index >= 15 is 0 Å². The number of benzene rings is 1. The lowest BCUT2D eigenvalue weighted by Gasteiger charge is -2.30. The van der Waals surface area contributed by atoms with Gasteiger partial charge in [0.15, 0.2) is 0 Å². The van der Waals surface area contributed by atoms with Gasteiger partial charge in [-0.15, -0.1) is 0 Å². The molecule has 0 bridgehead atoms. The van der Waals surface area contributed by atoms with Gasteiger partial charge in [0, 0.05) is 30.6 Å². The summed E-state index contributed by atoms with van der Waals surface area (Å²) in [5, 5.41) is 3.67. The number of amides is 4. The van der Waals surface area contributed by atoms with Crippen LogP contribution in [0.3, 0.4) is 0 Å².